The second-order valence-electron chi connectivity index (χ2n) is 4.02. The predicted molar refractivity (Wildman–Crippen MR) is 63.8 cm³/mol. The van der Waals surface area contributed by atoms with Gasteiger partial charge in [0.05, 0.1) is 12.0 Å². The minimum Gasteiger partial charge on any atom is -0.465 e. The molecule has 0 aliphatic carbocycles. The molecule has 0 aromatic rings. The van der Waals surface area contributed by atoms with Crippen molar-refractivity contribution in [3.63, 3.8) is 0 Å². The van der Waals surface area contributed by atoms with Crippen molar-refractivity contribution in [3.8, 4) is 0 Å². The lowest BCUT2D eigenvalue weighted by molar-refractivity contribution is -0.121. The van der Waals surface area contributed by atoms with Gasteiger partial charge in [-0.25, -0.2) is 9.79 Å². The van der Waals surface area contributed by atoms with Crippen molar-refractivity contribution in [2.24, 2.45) is 4.99 Å². The van der Waals surface area contributed by atoms with Gasteiger partial charge >= 0.3 is 6.09 Å². The van der Waals surface area contributed by atoms with Crippen molar-refractivity contribution in [1.82, 2.24) is 10.6 Å². The number of allylic oxidation sites excluding steroid dienone is 1. The number of carboxylic acid groups (broad SMARTS) is 1. The summed E-state index contributed by atoms with van der Waals surface area (Å²) in [6, 6.07) is 0. The molecule has 0 aromatic carbocycles. The molecule has 0 aromatic heterocycles. The van der Waals surface area contributed by atoms with Gasteiger partial charge in [-0.2, -0.15) is 0 Å². The average Bonchev–Trinajstić information content (AvgIpc) is 2.24. The maximum Gasteiger partial charge on any atom is 0.411 e. The van der Waals surface area contributed by atoms with Crippen LogP contribution in [0.5, 0.6) is 0 Å². The first-order valence-electron chi connectivity index (χ1n) is 5.52. The van der Waals surface area contributed by atoms with Gasteiger partial charge in [-0.1, -0.05) is 13.0 Å². The van der Waals surface area contributed by atoms with Crippen LogP contribution in [0.4, 0.5) is 4.79 Å². The molecule has 0 fully saturated rings. The summed E-state index contributed by atoms with van der Waals surface area (Å²) in [5, 5.41) is 13.1. The Bertz CT molecular complexity index is 365. The number of nitrogens with one attached hydrogen (secondary N) is 2. The van der Waals surface area contributed by atoms with Crippen LogP contribution in [0.2, 0.25) is 0 Å². The second-order valence-corrected chi connectivity index (χ2v) is 4.02. The average molecular weight is 239 g/mol. The zero-order valence-corrected chi connectivity index (χ0v) is 9.82. The fraction of sp³-hybridized carbons (Fsp3) is 0.545. The van der Waals surface area contributed by atoms with Crippen molar-refractivity contribution in [2.45, 2.75) is 38.1 Å². The number of carbonyl (C=O) groups excluding carboxylic acids is 1. The Morgan fingerprint density at radius 1 is 1.76 bits per heavy atom. The maximum atomic E-state index is 11.5. The Labute approximate surface area is 99.8 Å². The van der Waals surface area contributed by atoms with Crippen LogP contribution in [0.25, 0.3) is 0 Å². The van der Waals surface area contributed by atoms with Crippen LogP contribution in [0.15, 0.2) is 17.6 Å². The first-order valence-corrected chi connectivity index (χ1v) is 5.52. The number of rotatable bonds is 4. The van der Waals surface area contributed by atoms with Crippen molar-refractivity contribution in [2.75, 3.05) is 0 Å². The van der Waals surface area contributed by atoms with E-state index in [-0.39, 0.29) is 18.3 Å². The third-order valence-corrected chi connectivity index (χ3v) is 2.79. The van der Waals surface area contributed by atoms with Gasteiger partial charge < -0.3 is 5.11 Å². The summed E-state index contributed by atoms with van der Waals surface area (Å²) >= 11 is 0. The normalized spacial score (nSPS) is 23.6. The van der Waals surface area contributed by atoms with Crippen molar-refractivity contribution in [1.29, 1.82) is 0 Å². The number of aliphatic imine (C=N–C) groups is 1. The van der Waals surface area contributed by atoms with E-state index in [9.17, 15) is 9.59 Å². The summed E-state index contributed by atoms with van der Waals surface area (Å²) in [6.45, 7) is 5.57. The monoisotopic (exact) mass is 239 g/mol. The minimum atomic E-state index is -1.24. The number of hydrogen-bond donors (Lipinski definition) is 3. The fourth-order valence-electron chi connectivity index (χ4n) is 1.84. The first-order chi connectivity index (χ1) is 8.01. The summed E-state index contributed by atoms with van der Waals surface area (Å²) in [4.78, 5) is 26.4. The van der Waals surface area contributed by atoms with E-state index < -0.39 is 11.6 Å². The largest absolute Gasteiger partial charge is 0.465 e. The molecule has 1 aliphatic heterocycles. The molecule has 1 rings (SSSR count). The Balaban J connectivity index is 2.90. The molecule has 1 heterocycles. The summed E-state index contributed by atoms with van der Waals surface area (Å²) < 4.78 is 0. The van der Waals surface area contributed by atoms with Crippen molar-refractivity contribution < 1.29 is 14.7 Å². The van der Waals surface area contributed by atoms with Crippen LogP contribution in [0, 0.1) is 0 Å². The SMILES string of the molecule is C=CCCC1(CC)CC(=O)NC(NC(=O)O)=N1. The number of hydrogen-bond acceptors (Lipinski definition) is 3. The standard InChI is InChI=1S/C11H17N3O3/c1-3-5-6-11(4-2)7-8(15)12-9(14-11)13-10(16)17/h3H,1,4-7H2,2H3,(H,16,17)(H2,12,13,14,15). The number of nitrogens with zero attached hydrogens (tertiary/aromatic N) is 1. The van der Waals surface area contributed by atoms with Crippen LogP contribution in [-0.4, -0.2) is 28.6 Å². The van der Waals surface area contributed by atoms with Gasteiger partial charge in [0.2, 0.25) is 11.9 Å². The van der Waals surface area contributed by atoms with Gasteiger partial charge in [0.15, 0.2) is 0 Å². The molecule has 1 aliphatic rings. The van der Waals surface area contributed by atoms with E-state index in [1.165, 1.54) is 0 Å². The molecule has 2 amide bonds. The third kappa shape index (κ3) is 3.58. The highest BCUT2D eigenvalue weighted by Crippen LogP contribution is 2.28. The summed E-state index contributed by atoms with van der Waals surface area (Å²) in [5.74, 6) is -0.200. The van der Waals surface area contributed by atoms with E-state index in [4.69, 9.17) is 5.11 Å². The maximum absolute atomic E-state index is 11.5. The van der Waals surface area contributed by atoms with Crippen molar-refractivity contribution >= 4 is 18.0 Å². The zero-order chi connectivity index (χ0) is 12.9. The molecule has 3 N–H and O–H groups in total. The van der Waals surface area contributed by atoms with Crippen molar-refractivity contribution in [3.05, 3.63) is 12.7 Å². The predicted octanol–water partition coefficient (Wildman–Crippen LogP) is 1.24. The van der Waals surface area contributed by atoms with Gasteiger partial charge in [-0.15, -0.1) is 6.58 Å². The molecule has 0 bridgehead atoms. The first kappa shape index (κ1) is 13.2. The number of carbonyl (C=O) groups is 2. The van der Waals surface area contributed by atoms with Gasteiger partial charge in [-0.05, 0) is 19.3 Å². The van der Waals surface area contributed by atoms with Crippen LogP contribution in [0.3, 0.4) is 0 Å². The summed E-state index contributed by atoms with van der Waals surface area (Å²) in [5.41, 5.74) is -0.520. The second kappa shape index (κ2) is 5.47. The molecule has 0 saturated carbocycles. The Morgan fingerprint density at radius 2 is 2.47 bits per heavy atom. The smallest absolute Gasteiger partial charge is 0.411 e. The zero-order valence-electron chi connectivity index (χ0n) is 9.82. The molecule has 0 spiro atoms. The van der Waals surface area contributed by atoms with Gasteiger partial charge in [0.1, 0.15) is 0 Å². The van der Waals surface area contributed by atoms with Gasteiger partial charge in [0, 0.05) is 0 Å². The highest BCUT2D eigenvalue weighted by molar-refractivity contribution is 6.04. The number of amides is 2. The summed E-state index contributed by atoms with van der Waals surface area (Å²) in [7, 11) is 0. The minimum absolute atomic E-state index is 0.0136. The van der Waals surface area contributed by atoms with Gasteiger partial charge in [-0.3, -0.25) is 15.4 Å². The molecule has 1 atom stereocenters. The lowest BCUT2D eigenvalue weighted by Gasteiger charge is -2.32. The highest BCUT2D eigenvalue weighted by Gasteiger charge is 2.34. The Kier molecular flexibility index (Phi) is 4.25. The molecule has 17 heavy (non-hydrogen) atoms. The lowest BCUT2D eigenvalue weighted by atomic mass is 9.86. The fourth-order valence-corrected chi connectivity index (χ4v) is 1.84. The van der Waals surface area contributed by atoms with Crippen LogP contribution in [-0.2, 0) is 4.79 Å². The highest BCUT2D eigenvalue weighted by atomic mass is 16.4. The van der Waals surface area contributed by atoms with Crippen LogP contribution < -0.4 is 10.6 Å². The molecular formula is C11H17N3O3. The van der Waals surface area contributed by atoms with E-state index in [2.05, 4.69) is 22.2 Å². The van der Waals surface area contributed by atoms with Crippen LogP contribution in [0.1, 0.15) is 32.6 Å². The summed E-state index contributed by atoms with van der Waals surface area (Å²) in [6.07, 6.45) is 2.92. The molecule has 6 heteroatoms. The Hall–Kier alpha value is -1.85. The van der Waals surface area contributed by atoms with E-state index in [0.29, 0.717) is 12.8 Å². The molecular weight excluding hydrogens is 222 g/mol. The molecule has 94 valence electrons. The lowest BCUT2D eigenvalue weighted by Crippen LogP contribution is -2.51. The third-order valence-electron chi connectivity index (χ3n) is 2.79. The molecule has 0 radical (unpaired) electrons. The van der Waals surface area contributed by atoms with E-state index in [0.717, 1.165) is 6.42 Å². The topological polar surface area (TPSA) is 90.8 Å². The number of guanidine groups is 1. The Morgan fingerprint density at radius 3 is 3.00 bits per heavy atom. The van der Waals surface area contributed by atoms with Gasteiger partial charge in [0.25, 0.3) is 0 Å². The van der Waals surface area contributed by atoms with Crippen LogP contribution >= 0.6 is 0 Å². The quantitative estimate of drug-likeness (QED) is 0.645. The molecule has 1 unspecified atom stereocenters. The van der Waals surface area contributed by atoms with E-state index in [1.54, 1.807) is 6.08 Å². The van der Waals surface area contributed by atoms with E-state index in [1.807, 2.05) is 6.92 Å². The molecule has 0 saturated heterocycles. The van der Waals surface area contributed by atoms with E-state index >= 15 is 0 Å². The molecule has 6 nitrogen and oxygen atoms in total.